The van der Waals surface area contributed by atoms with Crippen LogP contribution in [0.3, 0.4) is 0 Å². The molecule has 12 aromatic rings. The van der Waals surface area contributed by atoms with E-state index >= 15 is 0 Å². The van der Waals surface area contributed by atoms with Crippen molar-refractivity contribution in [3.8, 4) is 39.1 Å². The van der Waals surface area contributed by atoms with Gasteiger partial charge in [-0.25, -0.2) is 0 Å². The van der Waals surface area contributed by atoms with Gasteiger partial charge in [0.05, 0.1) is 11.0 Å². The molecule has 2 heterocycles. The second kappa shape index (κ2) is 14.3. The smallest absolute Gasteiger partial charge is 0.138 e. The van der Waals surface area contributed by atoms with Crippen molar-refractivity contribution in [2.45, 2.75) is 0 Å². The second-order valence-electron chi connectivity index (χ2n) is 15.7. The highest BCUT2D eigenvalue weighted by atomic mass is 16.3. The van der Waals surface area contributed by atoms with Crippen LogP contribution in [0.2, 0.25) is 0 Å². The number of hydrogen-bond acceptors (Lipinski definition) is 2. The summed E-state index contributed by atoms with van der Waals surface area (Å²) in [5.74, 6) is 0. The lowest BCUT2D eigenvalue weighted by Crippen LogP contribution is -2.10. The minimum absolute atomic E-state index is 0.870. The maximum Gasteiger partial charge on any atom is 0.138 e. The third-order valence-electron chi connectivity index (χ3n) is 12.2. The van der Waals surface area contributed by atoms with Crippen molar-refractivity contribution in [2.75, 3.05) is 4.90 Å². The van der Waals surface area contributed by atoms with Crippen LogP contribution in [0.5, 0.6) is 0 Å². The van der Waals surface area contributed by atoms with Crippen LogP contribution in [0.1, 0.15) is 0 Å². The standard InChI is InChI=1S/C58H38N2O/c1-4-16-39(17-5-1)41-30-32-45(33-31-41)59(46-25-14-22-43(36-46)40-18-6-2-7-19-40)47-34-35-50-52(37-47)60(44-23-8-3-9-24-44)53-38-55-57(51-27-12-13-29-54(51)61-55)58(56(50)53)49-28-15-21-42-20-10-11-26-48(42)49/h1-38H. The molecule has 0 amide bonds. The van der Waals surface area contributed by atoms with Crippen LogP contribution in [0.25, 0.3) is 93.6 Å². The van der Waals surface area contributed by atoms with Gasteiger partial charge in [0, 0.05) is 55.9 Å². The van der Waals surface area contributed by atoms with Crippen molar-refractivity contribution >= 4 is 71.6 Å². The molecule has 0 aliphatic carbocycles. The molecule has 0 bridgehead atoms. The monoisotopic (exact) mass is 778 g/mol. The molecule has 286 valence electrons. The van der Waals surface area contributed by atoms with Gasteiger partial charge in [-0.2, -0.15) is 0 Å². The Balaban J connectivity index is 1.16. The van der Waals surface area contributed by atoms with Crippen molar-refractivity contribution in [1.29, 1.82) is 0 Å². The number of aromatic nitrogens is 1. The Bertz CT molecular complexity index is 3560. The van der Waals surface area contributed by atoms with Crippen molar-refractivity contribution in [3.63, 3.8) is 0 Å². The number of anilines is 3. The van der Waals surface area contributed by atoms with E-state index in [0.717, 1.165) is 61.3 Å². The van der Waals surface area contributed by atoms with Crippen LogP contribution in [-0.4, -0.2) is 4.57 Å². The van der Waals surface area contributed by atoms with E-state index in [1.54, 1.807) is 0 Å². The second-order valence-corrected chi connectivity index (χ2v) is 15.7. The molecule has 0 N–H and O–H groups in total. The van der Waals surface area contributed by atoms with Gasteiger partial charge in [0.2, 0.25) is 0 Å². The molecule has 0 aliphatic heterocycles. The molecule has 61 heavy (non-hydrogen) atoms. The van der Waals surface area contributed by atoms with Crippen molar-refractivity contribution in [3.05, 3.63) is 231 Å². The van der Waals surface area contributed by atoms with Gasteiger partial charge in [0.25, 0.3) is 0 Å². The fourth-order valence-corrected chi connectivity index (χ4v) is 9.41. The average molecular weight is 779 g/mol. The molecule has 0 unspecified atom stereocenters. The number of para-hydroxylation sites is 2. The molecule has 3 heteroatoms. The Morgan fingerprint density at radius 1 is 0.344 bits per heavy atom. The zero-order valence-electron chi connectivity index (χ0n) is 33.2. The molecule has 0 aliphatic rings. The first-order valence-electron chi connectivity index (χ1n) is 20.8. The number of fused-ring (bicyclic) bond motifs is 7. The van der Waals surface area contributed by atoms with Crippen molar-refractivity contribution < 1.29 is 4.42 Å². The van der Waals surface area contributed by atoms with Crippen LogP contribution in [-0.2, 0) is 0 Å². The molecular formula is C58H38N2O. The maximum atomic E-state index is 6.77. The quantitative estimate of drug-likeness (QED) is 0.161. The summed E-state index contributed by atoms with van der Waals surface area (Å²) in [6.45, 7) is 0. The van der Waals surface area contributed by atoms with Gasteiger partial charge in [-0.3, -0.25) is 0 Å². The molecule has 0 saturated heterocycles. The third kappa shape index (κ3) is 5.82. The SMILES string of the molecule is c1ccc(-c2ccc(N(c3cccc(-c4ccccc4)c3)c3ccc4c5c(-c6cccc7ccccc67)c6c(cc5n(-c5ccccc5)c4c3)oc3ccccc36)cc2)cc1. The van der Waals surface area contributed by atoms with E-state index in [1.807, 2.05) is 0 Å². The minimum Gasteiger partial charge on any atom is -0.456 e. The van der Waals surface area contributed by atoms with E-state index in [4.69, 9.17) is 4.42 Å². The van der Waals surface area contributed by atoms with E-state index < -0.39 is 0 Å². The summed E-state index contributed by atoms with van der Waals surface area (Å²) >= 11 is 0. The summed E-state index contributed by atoms with van der Waals surface area (Å²) in [5, 5.41) is 7.04. The molecule has 0 spiro atoms. The molecule has 0 saturated carbocycles. The number of rotatable bonds is 7. The zero-order chi connectivity index (χ0) is 40.3. The van der Waals surface area contributed by atoms with Gasteiger partial charge >= 0.3 is 0 Å². The van der Waals surface area contributed by atoms with Gasteiger partial charge in [-0.1, -0.05) is 170 Å². The zero-order valence-corrected chi connectivity index (χ0v) is 33.2. The number of benzene rings is 10. The Labute approximate surface area is 353 Å². The topological polar surface area (TPSA) is 21.3 Å². The summed E-state index contributed by atoms with van der Waals surface area (Å²) < 4.78 is 9.19. The molecule has 3 nitrogen and oxygen atoms in total. The largest absolute Gasteiger partial charge is 0.456 e. The van der Waals surface area contributed by atoms with E-state index in [2.05, 4.69) is 240 Å². The van der Waals surface area contributed by atoms with Crippen molar-refractivity contribution in [1.82, 2.24) is 4.57 Å². The van der Waals surface area contributed by atoms with E-state index in [9.17, 15) is 0 Å². The maximum absolute atomic E-state index is 6.77. The van der Waals surface area contributed by atoms with Crippen LogP contribution >= 0.6 is 0 Å². The highest BCUT2D eigenvalue weighted by molar-refractivity contribution is 6.29. The Morgan fingerprint density at radius 2 is 0.934 bits per heavy atom. The molecule has 0 atom stereocenters. The molecule has 0 fully saturated rings. The number of hydrogen-bond donors (Lipinski definition) is 0. The van der Waals surface area contributed by atoms with Crippen molar-refractivity contribution in [2.24, 2.45) is 0 Å². The van der Waals surface area contributed by atoms with Gasteiger partial charge in [-0.15, -0.1) is 0 Å². The highest BCUT2D eigenvalue weighted by Gasteiger charge is 2.25. The fraction of sp³-hybridized carbons (Fsp3) is 0. The van der Waals surface area contributed by atoms with Crippen LogP contribution in [0.4, 0.5) is 17.1 Å². The molecule has 2 aromatic heterocycles. The van der Waals surface area contributed by atoms with Gasteiger partial charge < -0.3 is 13.9 Å². The van der Waals surface area contributed by atoms with E-state index in [1.165, 1.54) is 49.4 Å². The predicted octanol–water partition coefficient (Wildman–Crippen LogP) is 16.3. The first-order valence-corrected chi connectivity index (χ1v) is 20.8. The highest BCUT2D eigenvalue weighted by Crippen LogP contribution is 2.49. The summed E-state index contributed by atoms with van der Waals surface area (Å²) in [6.07, 6.45) is 0. The summed E-state index contributed by atoms with van der Waals surface area (Å²) in [6, 6.07) is 82.8. The molecular weight excluding hydrogens is 741 g/mol. The lowest BCUT2D eigenvalue weighted by Gasteiger charge is -2.26. The third-order valence-corrected chi connectivity index (χ3v) is 12.2. The van der Waals surface area contributed by atoms with Crippen LogP contribution in [0.15, 0.2) is 235 Å². The van der Waals surface area contributed by atoms with Gasteiger partial charge in [0.15, 0.2) is 0 Å². The van der Waals surface area contributed by atoms with E-state index in [0.29, 0.717) is 0 Å². The summed E-state index contributed by atoms with van der Waals surface area (Å²) in [4.78, 5) is 2.39. The van der Waals surface area contributed by atoms with Gasteiger partial charge in [-0.05, 0) is 93.2 Å². The minimum atomic E-state index is 0.870. The average Bonchev–Trinajstić information content (AvgIpc) is 3.87. The lowest BCUT2D eigenvalue weighted by molar-refractivity contribution is 0.669. The Hall–Kier alpha value is -8.14. The normalized spacial score (nSPS) is 11.6. The van der Waals surface area contributed by atoms with E-state index in [-0.39, 0.29) is 0 Å². The van der Waals surface area contributed by atoms with Gasteiger partial charge in [0.1, 0.15) is 11.2 Å². The molecule has 10 aromatic carbocycles. The Morgan fingerprint density at radius 3 is 1.72 bits per heavy atom. The molecule has 0 radical (unpaired) electrons. The predicted molar refractivity (Wildman–Crippen MR) is 257 cm³/mol. The first kappa shape index (κ1) is 34.9. The fourth-order valence-electron chi connectivity index (χ4n) is 9.41. The first-order chi connectivity index (χ1) is 30.3. The summed E-state index contributed by atoms with van der Waals surface area (Å²) in [7, 11) is 0. The lowest BCUT2D eigenvalue weighted by atomic mass is 9.91. The van der Waals surface area contributed by atoms with Crippen LogP contribution in [0, 0.1) is 0 Å². The van der Waals surface area contributed by atoms with Crippen LogP contribution < -0.4 is 4.90 Å². The molecule has 12 rings (SSSR count). The summed E-state index contributed by atoms with van der Waals surface area (Å²) in [5.41, 5.74) is 15.4. The Kier molecular flexibility index (Phi) is 8.17. The number of furan rings is 1. The number of nitrogens with zero attached hydrogens (tertiary/aromatic N) is 2.